The van der Waals surface area contributed by atoms with Crippen molar-refractivity contribution in [3.63, 3.8) is 0 Å². The summed E-state index contributed by atoms with van der Waals surface area (Å²) in [6, 6.07) is 4.12. The molecule has 0 aliphatic rings. The van der Waals surface area contributed by atoms with Crippen molar-refractivity contribution in [2.45, 2.75) is 32.4 Å². The molecule has 2 aromatic rings. The molecule has 0 fully saturated rings. The number of hydrogen-bond acceptors (Lipinski definition) is 3. The van der Waals surface area contributed by atoms with E-state index in [-0.39, 0.29) is 6.04 Å². The topological polar surface area (TPSA) is 50.9 Å². The predicted molar refractivity (Wildman–Crippen MR) is 73.2 cm³/mol. The highest BCUT2D eigenvalue weighted by molar-refractivity contribution is 9.10. The molecule has 0 saturated heterocycles. The summed E-state index contributed by atoms with van der Waals surface area (Å²) in [5.41, 5.74) is 1.69. The number of aliphatic hydroxyl groups excluding tert-OH is 1. The fraction of sp³-hybridized carbons (Fsp3) is 0.385. The normalized spacial score (nSPS) is 12.9. The van der Waals surface area contributed by atoms with Crippen LogP contribution in [-0.4, -0.2) is 19.6 Å². The molecule has 0 amide bonds. The van der Waals surface area contributed by atoms with Crippen LogP contribution < -0.4 is 0 Å². The molecule has 0 aliphatic heterocycles. The molecule has 18 heavy (non-hydrogen) atoms. The number of pyridine rings is 1. The van der Waals surface area contributed by atoms with Gasteiger partial charge in [0.05, 0.1) is 18.2 Å². The Bertz CT molecular complexity index is 507. The van der Waals surface area contributed by atoms with Gasteiger partial charge in [-0.15, -0.1) is 0 Å². The molecule has 2 aromatic heterocycles. The first-order valence-corrected chi connectivity index (χ1v) is 6.67. The minimum Gasteiger partial charge on any atom is -0.386 e. The molecule has 0 radical (unpaired) electrons. The van der Waals surface area contributed by atoms with E-state index in [2.05, 4.69) is 39.7 Å². The summed E-state index contributed by atoms with van der Waals surface area (Å²) >= 11 is 3.34. The Morgan fingerprint density at radius 2 is 2.11 bits per heavy atom. The van der Waals surface area contributed by atoms with E-state index in [1.54, 1.807) is 18.7 Å². The van der Waals surface area contributed by atoms with Crippen LogP contribution in [0.25, 0.3) is 0 Å². The highest BCUT2D eigenvalue weighted by Crippen LogP contribution is 2.20. The second-order valence-corrected chi connectivity index (χ2v) is 5.42. The first kappa shape index (κ1) is 13.2. The average molecular weight is 310 g/mol. The molecule has 4 nitrogen and oxygen atoms in total. The Kier molecular flexibility index (Phi) is 4.14. The summed E-state index contributed by atoms with van der Waals surface area (Å²) in [7, 11) is 0. The van der Waals surface area contributed by atoms with Crippen LogP contribution in [0.2, 0.25) is 0 Å². The standard InChI is InChI=1S/C13H16BrN3O/c1-9(2)17-8-15-7-12(17)13(18)5-11-4-3-10(14)6-16-11/h3-4,6-9,13,18H,5H2,1-2H3. The van der Waals surface area contributed by atoms with Gasteiger partial charge in [0.2, 0.25) is 0 Å². The maximum absolute atomic E-state index is 10.2. The molecular formula is C13H16BrN3O. The zero-order chi connectivity index (χ0) is 13.1. The highest BCUT2D eigenvalue weighted by atomic mass is 79.9. The SMILES string of the molecule is CC(C)n1cncc1C(O)Cc1ccc(Br)cn1. The van der Waals surface area contributed by atoms with Gasteiger partial charge in [-0.25, -0.2) is 4.98 Å². The molecule has 0 aromatic carbocycles. The first-order chi connectivity index (χ1) is 8.58. The Labute approximate surface area is 115 Å². The summed E-state index contributed by atoms with van der Waals surface area (Å²) in [5.74, 6) is 0. The van der Waals surface area contributed by atoms with Gasteiger partial charge in [-0.1, -0.05) is 0 Å². The van der Waals surface area contributed by atoms with E-state index < -0.39 is 6.10 Å². The van der Waals surface area contributed by atoms with Gasteiger partial charge in [-0.3, -0.25) is 4.98 Å². The molecular weight excluding hydrogens is 294 g/mol. The molecule has 0 bridgehead atoms. The van der Waals surface area contributed by atoms with Crippen LogP contribution in [0, 0.1) is 0 Å². The Morgan fingerprint density at radius 1 is 1.33 bits per heavy atom. The third kappa shape index (κ3) is 2.97. The van der Waals surface area contributed by atoms with Gasteiger partial charge in [0.25, 0.3) is 0 Å². The molecule has 1 unspecified atom stereocenters. The maximum atomic E-state index is 10.2. The van der Waals surface area contributed by atoms with Gasteiger partial charge >= 0.3 is 0 Å². The third-order valence-electron chi connectivity index (χ3n) is 2.78. The predicted octanol–water partition coefficient (Wildman–Crippen LogP) is 2.90. The lowest BCUT2D eigenvalue weighted by Gasteiger charge is -2.16. The second kappa shape index (κ2) is 5.63. The monoisotopic (exact) mass is 309 g/mol. The molecule has 2 rings (SSSR count). The Morgan fingerprint density at radius 3 is 2.72 bits per heavy atom. The fourth-order valence-electron chi connectivity index (χ4n) is 1.83. The first-order valence-electron chi connectivity index (χ1n) is 5.88. The summed E-state index contributed by atoms with van der Waals surface area (Å²) < 4.78 is 2.91. The van der Waals surface area contributed by atoms with Gasteiger partial charge < -0.3 is 9.67 Å². The second-order valence-electron chi connectivity index (χ2n) is 4.51. The lowest BCUT2D eigenvalue weighted by Crippen LogP contribution is -2.11. The summed E-state index contributed by atoms with van der Waals surface area (Å²) in [6.07, 6.45) is 5.11. The summed E-state index contributed by atoms with van der Waals surface area (Å²) in [5, 5.41) is 10.2. The smallest absolute Gasteiger partial charge is 0.101 e. The van der Waals surface area contributed by atoms with Crippen molar-refractivity contribution in [3.05, 3.63) is 46.7 Å². The van der Waals surface area contributed by atoms with Gasteiger partial charge in [-0.2, -0.15) is 0 Å². The van der Waals surface area contributed by atoms with Crippen molar-refractivity contribution in [2.75, 3.05) is 0 Å². The van der Waals surface area contributed by atoms with Gasteiger partial charge in [-0.05, 0) is 41.9 Å². The van der Waals surface area contributed by atoms with Crippen molar-refractivity contribution in [1.29, 1.82) is 0 Å². The van der Waals surface area contributed by atoms with E-state index in [0.29, 0.717) is 6.42 Å². The summed E-state index contributed by atoms with van der Waals surface area (Å²) in [4.78, 5) is 8.36. The number of aliphatic hydroxyl groups is 1. The molecule has 0 saturated carbocycles. The third-order valence-corrected chi connectivity index (χ3v) is 3.25. The van der Waals surface area contributed by atoms with Crippen LogP contribution in [-0.2, 0) is 6.42 Å². The van der Waals surface area contributed by atoms with Crippen molar-refractivity contribution >= 4 is 15.9 Å². The highest BCUT2D eigenvalue weighted by Gasteiger charge is 2.15. The average Bonchev–Trinajstić information content (AvgIpc) is 2.81. The zero-order valence-corrected chi connectivity index (χ0v) is 12.0. The molecule has 0 spiro atoms. The van der Waals surface area contributed by atoms with Crippen molar-refractivity contribution in [3.8, 4) is 0 Å². The number of hydrogen-bond donors (Lipinski definition) is 1. The maximum Gasteiger partial charge on any atom is 0.101 e. The number of rotatable bonds is 4. The Balaban J connectivity index is 2.14. The van der Waals surface area contributed by atoms with Crippen molar-refractivity contribution in [2.24, 2.45) is 0 Å². The van der Waals surface area contributed by atoms with Gasteiger partial charge in [0.1, 0.15) is 6.10 Å². The van der Waals surface area contributed by atoms with Crippen LogP contribution in [0.5, 0.6) is 0 Å². The molecule has 0 aliphatic carbocycles. The van der Waals surface area contributed by atoms with Gasteiger partial charge in [0, 0.05) is 28.8 Å². The van der Waals surface area contributed by atoms with Crippen LogP contribution in [0.4, 0.5) is 0 Å². The van der Waals surface area contributed by atoms with Crippen LogP contribution in [0.3, 0.4) is 0 Å². The fourth-order valence-corrected chi connectivity index (χ4v) is 2.07. The van der Waals surface area contributed by atoms with Crippen LogP contribution in [0.15, 0.2) is 35.3 Å². The molecule has 2 heterocycles. The van der Waals surface area contributed by atoms with E-state index in [4.69, 9.17) is 0 Å². The van der Waals surface area contributed by atoms with Gasteiger partial charge in [0.15, 0.2) is 0 Å². The van der Waals surface area contributed by atoms with E-state index in [1.807, 2.05) is 16.7 Å². The van der Waals surface area contributed by atoms with E-state index in [9.17, 15) is 5.11 Å². The Hall–Kier alpha value is -1.20. The van der Waals surface area contributed by atoms with E-state index in [1.165, 1.54) is 0 Å². The van der Waals surface area contributed by atoms with Crippen molar-refractivity contribution in [1.82, 2.24) is 14.5 Å². The van der Waals surface area contributed by atoms with E-state index >= 15 is 0 Å². The van der Waals surface area contributed by atoms with Crippen LogP contribution >= 0.6 is 15.9 Å². The van der Waals surface area contributed by atoms with E-state index in [0.717, 1.165) is 15.9 Å². The van der Waals surface area contributed by atoms with Crippen molar-refractivity contribution < 1.29 is 5.11 Å². The minimum atomic E-state index is -0.580. The molecule has 96 valence electrons. The number of imidazole rings is 1. The molecule has 5 heteroatoms. The largest absolute Gasteiger partial charge is 0.386 e. The number of nitrogens with zero attached hydrogens (tertiary/aromatic N) is 3. The number of aromatic nitrogens is 3. The lowest BCUT2D eigenvalue weighted by atomic mass is 10.1. The minimum absolute atomic E-state index is 0.287. The van der Waals surface area contributed by atoms with Crippen LogP contribution in [0.1, 0.15) is 37.4 Å². The lowest BCUT2D eigenvalue weighted by molar-refractivity contribution is 0.166. The molecule has 1 atom stereocenters. The summed E-state index contributed by atoms with van der Waals surface area (Å²) in [6.45, 7) is 4.13. The number of halogens is 1. The zero-order valence-electron chi connectivity index (χ0n) is 10.4. The quantitative estimate of drug-likeness (QED) is 0.944. The molecule has 1 N–H and O–H groups in total.